The quantitative estimate of drug-likeness (QED) is 0.720. The zero-order chi connectivity index (χ0) is 13.1. The maximum atomic E-state index is 10.8. The number of ether oxygens (including phenoxy) is 1. The summed E-state index contributed by atoms with van der Waals surface area (Å²) in [5, 5.41) is 0.979. The summed E-state index contributed by atoms with van der Waals surface area (Å²) in [6.07, 6.45) is 0.807. The molecule has 0 radical (unpaired) electrons. The third-order valence-corrected chi connectivity index (χ3v) is 3.00. The normalized spacial score (nSPS) is 10.5. The topological polar surface area (TPSA) is 42.1 Å². The van der Waals surface area contributed by atoms with Gasteiger partial charge in [0.25, 0.3) is 0 Å². The van der Waals surface area contributed by atoms with E-state index in [9.17, 15) is 4.79 Å². The van der Waals surface area contributed by atoms with Gasteiger partial charge < -0.3 is 9.72 Å². The number of H-pyrrole nitrogens is 1. The summed E-state index contributed by atoms with van der Waals surface area (Å²) in [5.74, 6) is 0.759. The van der Waals surface area contributed by atoms with Gasteiger partial charge in [0.1, 0.15) is 12.4 Å². The second-order valence-corrected chi connectivity index (χ2v) is 4.34. The van der Waals surface area contributed by atoms with Gasteiger partial charge in [0.05, 0.1) is 11.2 Å². The Hall–Kier alpha value is -2.55. The van der Waals surface area contributed by atoms with Crippen LogP contribution in [-0.4, -0.2) is 11.3 Å². The van der Waals surface area contributed by atoms with E-state index in [0.29, 0.717) is 12.3 Å². The molecule has 0 fully saturated rings. The van der Waals surface area contributed by atoms with Gasteiger partial charge in [0, 0.05) is 5.39 Å². The smallest absolute Gasteiger partial charge is 0.166 e. The molecule has 0 aliphatic carbocycles. The van der Waals surface area contributed by atoms with Crippen LogP contribution in [0.15, 0.2) is 54.6 Å². The lowest BCUT2D eigenvalue weighted by molar-refractivity contribution is 0.112. The van der Waals surface area contributed by atoms with Gasteiger partial charge in [-0.15, -0.1) is 0 Å². The van der Waals surface area contributed by atoms with Crippen LogP contribution in [0, 0.1) is 0 Å². The van der Waals surface area contributed by atoms with Crippen LogP contribution >= 0.6 is 0 Å². The first-order valence-corrected chi connectivity index (χ1v) is 6.10. The first kappa shape index (κ1) is 11.5. The van der Waals surface area contributed by atoms with Gasteiger partial charge in [-0.3, -0.25) is 4.79 Å². The van der Waals surface area contributed by atoms with Crippen LogP contribution in [0.2, 0.25) is 0 Å². The Bertz CT molecular complexity index is 701. The van der Waals surface area contributed by atoms with Gasteiger partial charge in [0.15, 0.2) is 6.29 Å². The van der Waals surface area contributed by atoms with Crippen molar-refractivity contribution in [2.24, 2.45) is 0 Å². The zero-order valence-corrected chi connectivity index (χ0v) is 10.3. The van der Waals surface area contributed by atoms with Crippen LogP contribution in [0.4, 0.5) is 0 Å². The van der Waals surface area contributed by atoms with Crippen LogP contribution in [0.1, 0.15) is 16.1 Å². The van der Waals surface area contributed by atoms with E-state index >= 15 is 0 Å². The molecule has 0 spiro atoms. The summed E-state index contributed by atoms with van der Waals surface area (Å²) < 4.78 is 5.82. The van der Waals surface area contributed by atoms with Gasteiger partial charge in [-0.1, -0.05) is 42.5 Å². The zero-order valence-electron chi connectivity index (χ0n) is 10.3. The Kier molecular flexibility index (Phi) is 3.02. The van der Waals surface area contributed by atoms with E-state index in [1.807, 2.05) is 54.6 Å². The van der Waals surface area contributed by atoms with E-state index in [1.165, 1.54) is 0 Å². The molecule has 1 N–H and O–H groups in total. The van der Waals surface area contributed by atoms with Crippen LogP contribution in [-0.2, 0) is 6.61 Å². The Morgan fingerprint density at radius 1 is 1.05 bits per heavy atom. The molecule has 2 aromatic carbocycles. The van der Waals surface area contributed by atoms with Crippen LogP contribution < -0.4 is 4.74 Å². The van der Waals surface area contributed by atoms with E-state index in [-0.39, 0.29) is 0 Å². The number of carbonyl (C=O) groups excluding carboxylic acids is 1. The molecule has 3 rings (SSSR count). The second-order valence-electron chi connectivity index (χ2n) is 4.34. The fourth-order valence-electron chi connectivity index (χ4n) is 2.07. The average molecular weight is 251 g/mol. The molecular weight excluding hydrogens is 238 g/mol. The summed E-state index contributed by atoms with van der Waals surface area (Å²) in [7, 11) is 0. The summed E-state index contributed by atoms with van der Waals surface area (Å²) in [5.41, 5.74) is 2.54. The highest BCUT2D eigenvalue weighted by Crippen LogP contribution is 2.26. The molecule has 0 saturated carbocycles. The number of aldehydes is 1. The Balaban J connectivity index is 1.88. The Morgan fingerprint density at radius 3 is 2.68 bits per heavy atom. The molecule has 0 bridgehead atoms. The number of rotatable bonds is 4. The van der Waals surface area contributed by atoms with Gasteiger partial charge in [-0.25, -0.2) is 0 Å². The molecule has 1 heterocycles. The van der Waals surface area contributed by atoms with Crippen molar-refractivity contribution in [1.29, 1.82) is 0 Å². The van der Waals surface area contributed by atoms with Crippen molar-refractivity contribution in [2.75, 3.05) is 0 Å². The number of aromatic nitrogens is 1. The molecule has 0 atom stereocenters. The molecule has 0 aliphatic rings. The van der Waals surface area contributed by atoms with Gasteiger partial charge in [-0.05, 0) is 17.7 Å². The lowest BCUT2D eigenvalue weighted by Gasteiger charge is -2.07. The van der Waals surface area contributed by atoms with E-state index in [0.717, 1.165) is 28.5 Å². The first-order valence-electron chi connectivity index (χ1n) is 6.10. The maximum Gasteiger partial charge on any atom is 0.166 e. The highest BCUT2D eigenvalue weighted by Gasteiger charge is 2.06. The molecule has 94 valence electrons. The minimum atomic E-state index is 0.509. The SMILES string of the molecule is O=Cc1cc2cccc(OCc3ccccc3)c2[nH]1. The molecule has 3 aromatic rings. The number of fused-ring (bicyclic) bond motifs is 1. The van der Waals surface area contributed by atoms with E-state index in [4.69, 9.17) is 4.74 Å². The number of hydrogen-bond donors (Lipinski definition) is 1. The van der Waals surface area contributed by atoms with Crippen molar-refractivity contribution < 1.29 is 9.53 Å². The summed E-state index contributed by atoms with van der Waals surface area (Å²) in [6, 6.07) is 17.6. The van der Waals surface area contributed by atoms with E-state index < -0.39 is 0 Å². The van der Waals surface area contributed by atoms with Gasteiger partial charge in [-0.2, -0.15) is 0 Å². The second kappa shape index (κ2) is 4.98. The molecule has 1 aromatic heterocycles. The van der Waals surface area contributed by atoms with Crippen LogP contribution in [0.5, 0.6) is 5.75 Å². The standard InChI is InChI=1S/C16H13NO2/c18-10-14-9-13-7-4-8-15(16(13)17-14)19-11-12-5-2-1-3-6-12/h1-10,17H,11H2. The van der Waals surface area contributed by atoms with Gasteiger partial charge >= 0.3 is 0 Å². The minimum absolute atomic E-state index is 0.509. The summed E-state index contributed by atoms with van der Waals surface area (Å²) in [6.45, 7) is 0.509. The van der Waals surface area contributed by atoms with Gasteiger partial charge in [0.2, 0.25) is 0 Å². The fourth-order valence-corrected chi connectivity index (χ4v) is 2.07. The highest BCUT2D eigenvalue weighted by molar-refractivity contribution is 5.91. The largest absolute Gasteiger partial charge is 0.487 e. The molecule has 0 aliphatic heterocycles. The third kappa shape index (κ3) is 2.36. The van der Waals surface area contributed by atoms with Crippen LogP contribution in [0.3, 0.4) is 0 Å². The Morgan fingerprint density at radius 2 is 1.89 bits per heavy atom. The lowest BCUT2D eigenvalue weighted by Crippen LogP contribution is -1.95. The molecule has 0 amide bonds. The van der Waals surface area contributed by atoms with E-state index in [2.05, 4.69) is 4.98 Å². The molecule has 0 saturated heterocycles. The number of nitrogens with one attached hydrogen (secondary N) is 1. The molecule has 3 nitrogen and oxygen atoms in total. The highest BCUT2D eigenvalue weighted by atomic mass is 16.5. The van der Waals surface area contributed by atoms with Crippen molar-refractivity contribution in [3.05, 3.63) is 65.9 Å². The number of hydrogen-bond acceptors (Lipinski definition) is 2. The minimum Gasteiger partial charge on any atom is -0.487 e. The van der Waals surface area contributed by atoms with Crippen LogP contribution in [0.25, 0.3) is 10.9 Å². The van der Waals surface area contributed by atoms with Crippen molar-refractivity contribution in [1.82, 2.24) is 4.98 Å². The summed E-state index contributed by atoms with van der Waals surface area (Å²) >= 11 is 0. The predicted molar refractivity (Wildman–Crippen MR) is 74.5 cm³/mol. The van der Waals surface area contributed by atoms with Crippen molar-refractivity contribution in [3.63, 3.8) is 0 Å². The molecular formula is C16H13NO2. The van der Waals surface area contributed by atoms with Crippen molar-refractivity contribution in [3.8, 4) is 5.75 Å². The average Bonchev–Trinajstić information content (AvgIpc) is 2.90. The first-order chi connectivity index (χ1) is 9.36. The summed E-state index contributed by atoms with van der Waals surface area (Å²) in [4.78, 5) is 13.9. The molecule has 3 heteroatoms. The fraction of sp³-hybridized carbons (Fsp3) is 0.0625. The predicted octanol–water partition coefficient (Wildman–Crippen LogP) is 3.56. The van der Waals surface area contributed by atoms with E-state index in [1.54, 1.807) is 0 Å². The molecule has 19 heavy (non-hydrogen) atoms. The third-order valence-electron chi connectivity index (χ3n) is 3.00. The van der Waals surface area contributed by atoms with Crippen molar-refractivity contribution in [2.45, 2.75) is 6.61 Å². The number of benzene rings is 2. The molecule has 0 unspecified atom stereocenters. The Labute approximate surface area is 110 Å². The number of para-hydroxylation sites is 1. The van der Waals surface area contributed by atoms with Crippen molar-refractivity contribution >= 4 is 17.2 Å². The number of carbonyl (C=O) groups is 1. The lowest BCUT2D eigenvalue weighted by atomic mass is 10.2. The monoisotopic (exact) mass is 251 g/mol. The maximum absolute atomic E-state index is 10.8. The number of aromatic amines is 1.